The van der Waals surface area contributed by atoms with Crippen LogP contribution in [0, 0.1) is 17.0 Å². The van der Waals surface area contributed by atoms with E-state index in [9.17, 15) is 19.7 Å². The molecular formula is C17H18N4O4S2. The predicted octanol–water partition coefficient (Wildman–Crippen LogP) is 3.64. The van der Waals surface area contributed by atoms with Crippen LogP contribution in [0.3, 0.4) is 0 Å². The van der Waals surface area contributed by atoms with Gasteiger partial charge in [0.2, 0.25) is 11.0 Å². The van der Waals surface area contributed by atoms with E-state index in [1.54, 1.807) is 24.0 Å². The standard InChI is InChI=1S/C17H18N4O4S2/c1-3-15(23)20(12-6-7-12)16-18-19-17(27-16)26-9-14(22)11-5-4-10(2)13(8-11)21(24)25/h4-5,8,12H,3,6-7,9H2,1-2H3. The van der Waals surface area contributed by atoms with Crippen molar-refractivity contribution in [3.8, 4) is 0 Å². The maximum Gasteiger partial charge on any atom is 0.273 e. The van der Waals surface area contributed by atoms with Crippen LogP contribution < -0.4 is 4.90 Å². The Balaban J connectivity index is 1.66. The zero-order valence-electron chi connectivity index (χ0n) is 14.9. The molecule has 8 nitrogen and oxygen atoms in total. The summed E-state index contributed by atoms with van der Waals surface area (Å²) in [7, 11) is 0. The lowest BCUT2D eigenvalue weighted by Crippen LogP contribution is -2.32. The second-order valence-corrected chi connectivity index (χ2v) is 8.35. The number of hydrogen-bond acceptors (Lipinski definition) is 8. The molecule has 1 aromatic carbocycles. The fourth-order valence-corrected chi connectivity index (χ4v) is 4.34. The van der Waals surface area contributed by atoms with Crippen LogP contribution in [0.5, 0.6) is 0 Å². The van der Waals surface area contributed by atoms with Crippen molar-refractivity contribution in [2.24, 2.45) is 0 Å². The summed E-state index contributed by atoms with van der Waals surface area (Å²) in [4.78, 5) is 36.7. The smallest absolute Gasteiger partial charge is 0.273 e. The number of benzene rings is 1. The van der Waals surface area contributed by atoms with Crippen molar-refractivity contribution in [1.82, 2.24) is 10.2 Å². The summed E-state index contributed by atoms with van der Waals surface area (Å²) in [5, 5.41) is 19.7. The summed E-state index contributed by atoms with van der Waals surface area (Å²) in [6.07, 6.45) is 2.35. The molecule has 10 heteroatoms. The van der Waals surface area contributed by atoms with Crippen molar-refractivity contribution >= 4 is 45.6 Å². The number of hydrogen-bond donors (Lipinski definition) is 0. The van der Waals surface area contributed by atoms with Gasteiger partial charge in [0.1, 0.15) is 0 Å². The van der Waals surface area contributed by atoms with Crippen molar-refractivity contribution in [2.45, 2.75) is 43.5 Å². The zero-order valence-corrected chi connectivity index (χ0v) is 16.5. The minimum atomic E-state index is -0.493. The number of nitro benzene ring substituents is 1. The summed E-state index contributed by atoms with van der Waals surface area (Å²) >= 11 is 2.51. The fourth-order valence-electron chi connectivity index (χ4n) is 2.52. The topological polar surface area (TPSA) is 106 Å². The first-order valence-electron chi connectivity index (χ1n) is 8.47. The largest absolute Gasteiger partial charge is 0.293 e. The van der Waals surface area contributed by atoms with Crippen LogP contribution in [0.15, 0.2) is 22.5 Å². The van der Waals surface area contributed by atoms with E-state index >= 15 is 0 Å². The summed E-state index contributed by atoms with van der Waals surface area (Å²) in [6.45, 7) is 3.45. The minimum Gasteiger partial charge on any atom is -0.293 e. The molecule has 0 aliphatic heterocycles. The number of rotatable bonds is 8. The highest BCUT2D eigenvalue weighted by molar-refractivity contribution is 8.01. The van der Waals surface area contributed by atoms with Crippen LogP contribution in [-0.4, -0.2) is 38.6 Å². The number of Topliss-reactive ketones (excluding diaryl/α,β-unsaturated/α-hetero) is 1. The Morgan fingerprint density at radius 1 is 1.37 bits per heavy atom. The number of carbonyl (C=O) groups excluding carboxylic acids is 2. The lowest BCUT2D eigenvalue weighted by Gasteiger charge is -2.17. The highest BCUT2D eigenvalue weighted by atomic mass is 32.2. The molecule has 0 unspecified atom stereocenters. The van der Waals surface area contributed by atoms with Gasteiger partial charge in [-0.3, -0.25) is 24.6 Å². The van der Waals surface area contributed by atoms with E-state index in [1.165, 1.54) is 29.2 Å². The van der Waals surface area contributed by atoms with E-state index in [0.29, 0.717) is 27.0 Å². The van der Waals surface area contributed by atoms with E-state index in [0.717, 1.165) is 12.8 Å². The van der Waals surface area contributed by atoms with Gasteiger partial charge in [0, 0.05) is 29.7 Å². The fraction of sp³-hybridized carbons (Fsp3) is 0.412. The average molecular weight is 406 g/mol. The molecule has 0 N–H and O–H groups in total. The Hall–Kier alpha value is -2.33. The van der Waals surface area contributed by atoms with Crippen molar-refractivity contribution in [1.29, 1.82) is 0 Å². The third-order valence-electron chi connectivity index (χ3n) is 4.14. The van der Waals surface area contributed by atoms with Crippen molar-refractivity contribution < 1.29 is 14.5 Å². The van der Waals surface area contributed by atoms with Gasteiger partial charge in [-0.15, -0.1) is 10.2 Å². The van der Waals surface area contributed by atoms with Gasteiger partial charge in [-0.05, 0) is 19.8 Å². The second-order valence-electron chi connectivity index (χ2n) is 6.17. The van der Waals surface area contributed by atoms with Crippen LogP contribution >= 0.6 is 23.1 Å². The molecule has 1 amide bonds. The monoisotopic (exact) mass is 406 g/mol. The highest BCUT2D eigenvalue weighted by Crippen LogP contribution is 2.36. The third kappa shape index (κ3) is 4.51. The lowest BCUT2D eigenvalue weighted by atomic mass is 10.1. The summed E-state index contributed by atoms with van der Waals surface area (Å²) in [5.41, 5.74) is 0.742. The Labute approximate surface area is 164 Å². The van der Waals surface area contributed by atoms with E-state index in [2.05, 4.69) is 10.2 Å². The van der Waals surface area contributed by atoms with Crippen molar-refractivity contribution in [2.75, 3.05) is 10.7 Å². The molecule has 0 bridgehead atoms. The maximum atomic E-state index is 12.4. The summed E-state index contributed by atoms with van der Waals surface area (Å²) < 4.78 is 0.592. The predicted molar refractivity (Wildman–Crippen MR) is 104 cm³/mol. The number of aryl methyl sites for hydroxylation is 1. The quantitative estimate of drug-likeness (QED) is 0.217. The third-order valence-corrected chi connectivity index (χ3v) is 6.20. The molecule has 0 radical (unpaired) electrons. The first-order chi connectivity index (χ1) is 12.9. The Bertz CT molecular complexity index is 895. The van der Waals surface area contributed by atoms with Crippen LogP contribution in [-0.2, 0) is 4.79 Å². The van der Waals surface area contributed by atoms with Crippen LogP contribution in [0.2, 0.25) is 0 Å². The first kappa shape index (κ1) is 19.4. The maximum absolute atomic E-state index is 12.4. The van der Waals surface area contributed by atoms with Crippen LogP contribution in [0.4, 0.5) is 10.8 Å². The van der Waals surface area contributed by atoms with Gasteiger partial charge in [0.25, 0.3) is 5.69 Å². The number of anilines is 1. The number of ketones is 1. The molecule has 142 valence electrons. The zero-order chi connectivity index (χ0) is 19.6. The van der Waals surface area contributed by atoms with Gasteiger partial charge in [0.15, 0.2) is 10.1 Å². The van der Waals surface area contributed by atoms with E-state index < -0.39 is 4.92 Å². The van der Waals surface area contributed by atoms with E-state index in [1.807, 2.05) is 6.92 Å². The highest BCUT2D eigenvalue weighted by Gasteiger charge is 2.35. The van der Waals surface area contributed by atoms with Gasteiger partial charge in [0.05, 0.1) is 10.7 Å². The van der Waals surface area contributed by atoms with Crippen LogP contribution in [0.1, 0.15) is 42.1 Å². The molecule has 1 aliphatic rings. The molecule has 3 rings (SSSR count). The summed E-state index contributed by atoms with van der Waals surface area (Å²) in [5.74, 6) is -0.100. The molecule has 0 spiro atoms. The SMILES string of the molecule is CCC(=O)N(c1nnc(SCC(=O)c2ccc(C)c([N+](=O)[O-])c2)s1)C1CC1. The van der Waals surface area contributed by atoms with Gasteiger partial charge in [-0.1, -0.05) is 42.2 Å². The lowest BCUT2D eigenvalue weighted by molar-refractivity contribution is -0.385. The first-order valence-corrected chi connectivity index (χ1v) is 10.3. The molecule has 1 heterocycles. The van der Waals surface area contributed by atoms with Crippen LogP contribution in [0.25, 0.3) is 0 Å². The van der Waals surface area contributed by atoms with E-state index in [-0.39, 0.29) is 29.2 Å². The summed E-state index contributed by atoms with van der Waals surface area (Å²) in [6, 6.07) is 4.67. The van der Waals surface area contributed by atoms with E-state index in [4.69, 9.17) is 0 Å². The molecule has 1 aromatic heterocycles. The molecule has 0 saturated heterocycles. The number of aromatic nitrogens is 2. The molecule has 1 aliphatic carbocycles. The minimum absolute atomic E-state index is 0.0215. The number of amides is 1. The van der Waals surface area contributed by atoms with Crippen molar-refractivity contribution in [3.05, 3.63) is 39.4 Å². The number of thioether (sulfide) groups is 1. The number of carbonyl (C=O) groups is 2. The Kier molecular flexibility index (Phi) is 5.85. The normalized spacial score (nSPS) is 13.4. The molecule has 1 saturated carbocycles. The molecule has 0 atom stereocenters. The Morgan fingerprint density at radius 2 is 2.11 bits per heavy atom. The average Bonchev–Trinajstić information content (AvgIpc) is 3.37. The van der Waals surface area contributed by atoms with Gasteiger partial charge in [-0.25, -0.2) is 0 Å². The van der Waals surface area contributed by atoms with Gasteiger partial charge in [-0.2, -0.15) is 0 Å². The number of nitro groups is 1. The second kappa shape index (κ2) is 8.13. The number of nitrogens with zero attached hydrogens (tertiary/aromatic N) is 4. The molecular weight excluding hydrogens is 388 g/mol. The molecule has 2 aromatic rings. The Morgan fingerprint density at radius 3 is 2.74 bits per heavy atom. The molecule has 1 fully saturated rings. The van der Waals surface area contributed by atoms with Gasteiger partial charge < -0.3 is 0 Å². The van der Waals surface area contributed by atoms with Crippen molar-refractivity contribution in [3.63, 3.8) is 0 Å². The molecule has 27 heavy (non-hydrogen) atoms. The van der Waals surface area contributed by atoms with Gasteiger partial charge >= 0.3 is 0 Å².